The Hall–Kier alpha value is -1.39. The van der Waals surface area contributed by atoms with E-state index in [9.17, 15) is 0 Å². The number of anilines is 1. The van der Waals surface area contributed by atoms with Crippen molar-refractivity contribution < 1.29 is 9.47 Å². The van der Waals surface area contributed by atoms with E-state index in [1.54, 1.807) is 7.11 Å². The molecule has 0 saturated heterocycles. The molecule has 1 N–H and O–H groups in total. The molecule has 0 aromatic heterocycles. The van der Waals surface area contributed by atoms with E-state index in [4.69, 9.17) is 21.1 Å². The van der Waals surface area contributed by atoms with E-state index in [0.29, 0.717) is 18.9 Å². The molecule has 0 heterocycles. The Bertz CT molecular complexity index is 619. The second kappa shape index (κ2) is 7.57. The SMILES string of the molecule is CCOc1ccc(NCc2ccc(Br)cc2Cl)cc1OC. The zero-order valence-electron chi connectivity index (χ0n) is 12.0. The van der Waals surface area contributed by atoms with Crippen LogP contribution in [0.15, 0.2) is 40.9 Å². The van der Waals surface area contributed by atoms with E-state index in [1.165, 1.54) is 0 Å². The maximum absolute atomic E-state index is 6.21. The van der Waals surface area contributed by atoms with Gasteiger partial charge in [-0.3, -0.25) is 0 Å². The van der Waals surface area contributed by atoms with Crippen LogP contribution < -0.4 is 14.8 Å². The topological polar surface area (TPSA) is 30.5 Å². The summed E-state index contributed by atoms with van der Waals surface area (Å²) in [4.78, 5) is 0. The number of methoxy groups -OCH3 is 1. The normalized spacial score (nSPS) is 10.3. The molecule has 0 amide bonds. The molecule has 2 aromatic rings. The quantitative estimate of drug-likeness (QED) is 0.765. The van der Waals surface area contributed by atoms with Crippen molar-refractivity contribution in [3.63, 3.8) is 0 Å². The standard InChI is InChI=1S/C16H17BrClNO2/c1-3-21-15-7-6-13(9-16(15)20-2)19-10-11-4-5-12(17)8-14(11)18/h4-9,19H,3,10H2,1-2H3. The van der Waals surface area contributed by atoms with Gasteiger partial charge in [0.1, 0.15) is 0 Å². The Morgan fingerprint density at radius 2 is 1.95 bits per heavy atom. The van der Waals surface area contributed by atoms with Crippen LogP contribution in [0.3, 0.4) is 0 Å². The van der Waals surface area contributed by atoms with Crippen LogP contribution in [0.25, 0.3) is 0 Å². The number of halogens is 2. The molecule has 0 saturated carbocycles. The summed E-state index contributed by atoms with van der Waals surface area (Å²) in [6, 6.07) is 11.6. The predicted molar refractivity (Wildman–Crippen MR) is 90.6 cm³/mol. The van der Waals surface area contributed by atoms with Crippen LogP contribution >= 0.6 is 27.5 Å². The highest BCUT2D eigenvalue weighted by molar-refractivity contribution is 9.10. The van der Waals surface area contributed by atoms with Gasteiger partial charge in [0, 0.05) is 27.8 Å². The van der Waals surface area contributed by atoms with E-state index in [2.05, 4.69) is 21.2 Å². The Labute approximate surface area is 138 Å². The van der Waals surface area contributed by atoms with Crippen LogP contribution in [0, 0.1) is 0 Å². The van der Waals surface area contributed by atoms with Gasteiger partial charge in [0.2, 0.25) is 0 Å². The van der Waals surface area contributed by atoms with Crippen molar-refractivity contribution in [2.24, 2.45) is 0 Å². The Morgan fingerprint density at radius 3 is 2.62 bits per heavy atom. The largest absolute Gasteiger partial charge is 0.493 e. The molecule has 0 bridgehead atoms. The maximum atomic E-state index is 6.21. The number of hydrogen-bond acceptors (Lipinski definition) is 3. The van der Waals surface area contributed by atoms with Crippen LogP contribution in [0.4, 0.5) is 5.69 Å². The summed E-state index contributed by atoms with van der Waals surface area (Å²) in [6.45, 7) is 3.20. The lowest BCUT2D eigenvalue weighted by Gasteiger charge is -2.13. The fraction of sp³-hybridized carbons (Fsp3) is 0.250. The fourth-order valence-corrected chi connectivity index (χ4v) is 2.65. The van der Waals surface area contributed by atoms with E-state index in [0.717, 1.165) is 26.5 Å². The molecule has 3 nitrogen and oxygen atoms in total. The Morgan fingerprint density at radius 1 is 1.14 bits per heavy atom. The number of nitrogens with one attached hydrogen (secondary N) is 1. The molecule has 0 atom stereocenters. The first-order chi connectivity index (χ1) is 10.1. The van der Waals surface area contributed by atoms with Crippen molar-refractivity contribution in [3.05, 3.63) is 51.5 Å². The summed E-state index contributed by atoms with van der Waals surface area (Å²) >= 11 is 9.60. The van der Waals surface area contributed by atoms with Crippen LogP contribution in [0.5, 0.6) is 11.5 Å². The summed E-state index contributed by atoms with van der Waals surface area (Å²) in [5.74, 6) is 1.45. The van der Waals surface area contributed by atoms with Crippen LogP contribution in [0.1, 0.15) is 12.5 Å². The minimum atomic E-state index is 0.609. The first kappa shape index (κ1) is 16.0. The van der Waals surface area contributed by atoms with Crippen molar-refractivity contribution in [1.82, 2.24) is 0 Å². The minimum absolute atomic E-state index is 0.609. The van der Waals surface area contributed by atoms with Gasteiger partial charge in [0.15, 0.2) is 11.5 Å². The van der Waals surface area contributed by atoms with Gasteiger partial charge >= 0.3 is 0 Å². The molecule has 0 spiro atoms. The fourth-order valence-electron chi connectivity index (χ4n) is 1.91. The van der Waals surface area contributed by atoms with Gasteiger partial charge in [-0.25, -0.2) is 0 Å². The average Bonchev–Trinajstić information content (AvgIpc) is 2.47. The summed E-state index contributed by atoms with van der Waals surface area (Å²) in [5.41, 5.74) is 1.99. The second-order valence-electron chi connectivity index (χ2n) is 4.39. The van der Waals surface area contributed by atoms with Gasteiger partial charge in [0.05, 0.1) is 13.7 Å². The van der Waals surface area contributed by atoms with Crippen molar-refractivity contribution in [2.45, 2.75) is 13.5 Å². The molecule has 0 aliphatic rings. The molecule has 21 heavy (non-hydrogen) atoms. The third-order valence-corrected chi connectivity index (χ3v) is 3.81. The van der Waals surface area contributed by atoms with E-state index < -0.39 is 0 Å². The number of hydrogen-bond donors (Lipinski definition) is 1. The van der Waals surface area contributed by atoms with Gasteiger partial charge in [-0.2, -0.15) is 0 Å². The van der Waals surface area contributed by atoms with Gasteiger partial charge in [0.25, 0.3) is 0 Å². The average molecular weight is 371 g/mol. The zero-order chi connectivity index (χ0) is 15.2. The van der Waals surface area contributed by atoms with E-state index >= 15 is 0 Å². The third kappa shape index (κ3) is 4.29. The van der Waals surface area contributed by atoms with Gasteiger partial charge in [-0.1, -0.05) is 33.6 Å². The van der Waals surface area contributed by atoms with Crippen molar-refractivity contribution in [2.75, 3.05) is 19.0 Å². The van der Waals surface area contributed by atoms with Crippen LogP contribution in [0.2, 0.25) is 5.02 Å². The molecule has 0 fully saturated rings. The van der Waals surface area contributed by atoms with Crippen molar-refractivity contribution in [1.29, 1.82) is 0 Å². The summed E-state index contributed by atoms with van der Waals surface area (Å²) < 4.78 is 11.8. The van der Waals surface area contributed by atoms with Crippen molar-refractivity contribution >= 4 is 33.2 Å². The highest BCUT2D eigenvalue weighted by atomic mass is 79.9. The smallest absolute Gasteiger partial charge is 0.162 e. The molecule has 2 rings (SSSR count). The first-order valence-electron chi connectivity index (χ1n) is 6.62. The van der Waals surface area contributed by atoms with Crippen molar-refractivity contribution in [3.8, 4) is 11.5 Å². The molecule has 2 aromatic carbocycles. The summed E-state index contributed by atoms with van der Waals surface area (Å²) in [7, 11) is 1.63. The van der Waals surface area contributed by atoms with Gasteiger partial charge in [-0.15, -0.1) is 0 Å². The first-order valence-corrected chi connectivity index (χ1v) is 7.79. The Balaban J connectivity index is 2.09. The predicted octanol–water partition coefficient (Wildman–Crippen LogP) is 5.12. The monoisotopic (exact) mass is 369 g/mol. The third-order valence-electron chi connectivity index (χ3n) is 2.96. The van der Waals surface area contributed by atoms with Crippen LogP contribution in [-0.2, 0) is 6.54 Å². The number of rotatable bonds is 6. The van der Waals surface area contributed by atoms with E-state index in [1.807, 2.05) is 43.3 Å². The maximum Gasteiger partial charge on any atom is 0.162 e. The molecule has 5 heteroatoms. The number of ether oxygens (including phenoxy) is 2. The molecule has 0 aliphatic carbocycles. The lowest BCUT2D eigenvalue weighted by molar-refractivity contribution is 0.311. The number of benzene rings is 2. The van der Waals surface area contributed by atoms with E-state index in [-0.39, 0.29) is 0 Å². The molecule has 112 valence electrons. The minimum Gasteiger partial charge on any atom is -0.493 e. The van der Waals surface area contributed by atoms with Gasteiger partial charge in [-0.05, 0) is 36.8 Å². The molecular weight excluding hydrogens is 354 g/mol. The molecular formula is C16H17BrClNO2. The zero-order valence-corrected chi connectivity index (χ0v) is 14.3. The molecule has 0 unspecified atom stereocenters. The van der Waals surface area contributed by atoms with Crippen LogP contribution in [-0.4, -0.2) is 13.7 Å². The Kier molecular flexibility index (Phi) is 5.76. The highest BCUT2D eigenvalue weighted by Gasteiger charge is 2.06. The molecule has 0 radical (unpaired) electrons. The van der Waals surface area contributed by atoms with Gasteiger partial charge < -0.3 is 14.8 Å². The lowest BCUT2D eigenvalue weighted by atomic mass is 10.2. The highest BCUT2D eigenvalue weighted by Crippen LogP contribution is 2.30. The summed E-state index contributed by atoms with van der Waals surface area (Å²) in [5, 5.41) is 4.06. The lowest BCUT2D eigenvalue weighted by Crippen LogP contribution is -2.01. The summed E-state index contributed by atoms with van der Waals surface area (Å²) in [6.07, 6.45) is 0. The second-order valence-corrected chi connectivity index (χ2v) is 5.71. The molecule has 0 aliphatic heterocycles.